The van der Waals surface area contributed by atoms with Gasteiger partial charge in [-0.05, 0) is 25.7 Å². The third-order valence-corrected chi connectivity index (χ3v) is 3.90. The van der Waals surface area contributed by atoms with Crippen LogP contribution >= 0.6 is 0 Å². The topological polar surface area (TPSA) is 49.8 Å². The summed E-state index contributed by atoms with van der Waals surface area (Å²) in [4.78, 5) is 12.9. The zero-order chi connectivity index (χ0) is 11.8. The first kappa shape index (κ1) is 11.9. The second-order valence-corrected chi connectivity index (χ2v) is 5.51. The highest BCUT2D eigenvalue weighted by Gasteiger charge is 2.45. The van der Waals surface area contributed by atoms with Crippen LogP contribution in [-0.4, -0.2) is 47.3 Å². The minimum absolute atomic E-state index is 0.176. The van der Waals surface area contributed by atoms with Gasteiger partial charge in [-0.25, -0.2) is 4.79 Å². The van der Waals surface area contributed by atoms with E-state index in [2.05, 4.69) is 11.8 Å². The van der Waals surface area contributed by atoms with Gasteiger partial charge in [0, 0.05) is 19.1 Å². The SMILES string of the molecule is CC1CCCC1N1CC(C)(OCC(=O)O)C1. The minimum Gasteiger partial charge on any atom is -0.480 e. The number of ether oxygens (including phenoxy) is 1. The largest absolute Gasteiger partial charge is 0.480 e. The van der Waals surface area contributed by atoms with Crippen LogP contribution in [0, 0.1) is 5.92 Å². The summed E-state index contributed by atoms with van der Waals surface area (Å²) >= 11 is 0. The molecule has 2 aliphatic rings. The highest BCUT2D eigenvalue weighted by atomic mass is 16.5. The normalized spacial score (nSPS) is 33.6. The van der Waals surface area contributed by atoms with Crippen LogP contribution in [0.3, 0.4) is 0 Å². The van der Waals surface area contributed by atoms with Gasteiger partial charge in [0.05, 0.1) is 5.60 Å². The molecule has 0 amide bonds. The van der Waals surface area contributed by atoms with Crippen LogP contribution in [0.4, 0.5) is 0 Å². The average Bonchev–Trinajstić information content (AvgIpc) is 2.57. The maximum Gasteiger partial charge on any atom is 0.329 e. The Bertz CT molecular complexity index is 273. The molecule has 2 atom stereocenters. The first-order chi connectivity index (χ1) is 7.50. The number of carboxylic acid groups (broad SMARTS) is 1. The van der Waals surface area contributed by atoms with Crippen LogP contribution in [-0.2, 0) is 9.53 Å². The lowest BCUT2D eigenvalue weighted by molar-refractivity contribution is -0.170. The van der Waals surface area contributed by atoms with Crippen molar-refractivity contribution in [3.8, 4) is 0 Å². The van der Waals surface area contributed by atoms with E-state index in [9.17, 15) is 4.79 Å². The average molecular weight is 227 g/mol. The van der Waals surface area contributed by atoms with Crippen LogP contribution in [0.15, 0.2) is 0 Å². The lowest BCUT2D eigenvalue weighted by Crippen LogP contribution is -2.65. The van der Waals surface area contributed by atoms with Crippen molar-refractivity contribution in [2.45, 2.75) is 44.8 Å². The number of aliphatic carboxylic acids is 1. The fourth-order valence-corrected chi connectivity index (χ4v) is 3.04. The molecule has 2 fully saturated rings. The highest BCUT2D eigenvalue weighted by Crippen LogP contribution is 2.36. The van der Waals surface area contributed by atoms with Crippen molar-refractivity contribution in [3.63, 3.8) is 0 Å². The molecule has 1 heterocycles. The number of nitrogens with zero attached hydrogens (tertiary/aromatic N) is 1. The van der Waals surface area contributed by atoms with Crippen molar-refractivity contribution in [2.24, 2.45) is 5.92 Å². The molecule has 1 aliphatic carbocycles. The van der Waals surface area contributed by atoms with Crippen molar-refractivity contribution in [1.29, 1.82) is 0 Å². The highest BCUT2D eigenvalue weighted by molar-refractivity contribution is 5.68. The smallest absolute Gasteiger partial charge is 0.329 e. The second kappa shape index (κ2) is 4.34. The van der Waals surface area contributed by atoms with Gasteiger partial charge >= 0.3 is 5.97 Å². The van der Waals surface area contributed by atoms with Crippen molar-refractivity contribution >= 4 is 5.97 Å². The molecule has 1 saturated heterocycles. The van der Waals surface area contributed by atoms with Gasteiger partial charge < -0.3 is 9.84 Å². The van der Waals surface area contributed by atoms with Gasteiger partial charge in [-0.3, -0.25) is 4.90 Å². The number of hydrogen-bond donors (Lipinski definition) is 1. The van der Waals surface area contributed by atoms with E-state index in [4.69, 9.17) is 9.84 Å². The Morgan fingerprint density at radius 3 is 2.69 bits per heavy atom. The lowest BCUT2D eigenvalue weighted by Gasteiger charge is -2.51. The Hall–Kier alpha value is -0.610. The lowest BCUT2D eigenvalue weighted by atomic mass is 9.91. The molecular weight excluding hydrogens is 206 g/mol. The molecule has 0 aromatic heterocycles. The molecule has 0 radical (unpaired) electrons. The molecular formula is C12H21NO3. The Balaban J connectivity index is 1.77. The van der Waals surface area contributed by atoms with Crippen LogP contribution in [0.2, 0.25) is 0 Å². The first-order valence-electron chi connectivity index (χ1n) is 6.10. The zero-order valence-electron chi connectivity index (χ0n) is 10.1. The predicted octanol–water partition coefficient (Wildman–Crippen LogP) is 1.35. The fourth-order valence-electron chi connectivity index (χ4n) is 3.04. The van der Waals surface area contributed by atoms with Crippen LogP contribution in [0.25, 0.3) is 0 Å². The fraction of sp³-hybridized carbons (Fsp3) is 0.917. The van der Waals surface area contributed by atoms with E-state index in [1.54, 1.807) is 0 Å². The molecule has 1 aliphatic heterocycles. The number of carboxylic acids is 1. The Labute approximate surface area is 96.6 Å². The molecule has 0 bridgehead atoms. The van der Waals surface area contributed by atoms with Crippen molar-refractivity contribution in [2.75, 3.05) is 19.7 Å². The quantitative estimate of drug-likeness (QED) is 0.787. The standard InChI is InChI=1S/C12H21NO3/c1-9-4-3-5-10(9)13-7-12(2,8-13)16-6-11(14)15/h9-10H,3-8H2,1-2H3,(H,14,15). The molecule has 92 valence electrons. The summed E-state index contributed by atoms with van der Waals surface area (Å²) in [6, 6.07) is 0.696. The molecule has 0 aromatic carbocycles. The van der Waals surface area contributed by atoms with Gasteiger partial charge in [0.15, 0.2) is 0 Å². The van der Waals surface area contributed by atoms with Crippen molar-refractivity contribution in [3.05, 3.63) is 0 Å². The van der Waals surface area contributed by atoms with E-state index in [0.717, 1.165) is 19.0 Å². The Morgan fingerprint density at radius 1 is 1.50 bits per heavy atom. The summed E-state index contributed by atoms with van der Waals surface area (Å²) in [5.74, 6) is -0.0991. The second-order valence-electron chi connectivity index (χ2n) is 5.51. The maximum absolute atomic E-state index is 10.4. The molecule has 2 unspecified atom stereocenters. The Kier molecular flexibility index (Phi) is 3.22. The van der Waals surface area contributed by atoms with E-state index in [0.29, 0.717) is 6.04 Å². The predicted molar refractivity (Wildman–Crippen MR) is 60.4 cm³/mol. The van der Waals surface area contributed by atoms with Crippen molar-refractivity contribution in [1.82, 2.24) is 4.90 Å². The summed E-state index contributed by atoms with van der Waals surface area (Å²) in [7, 11) is 0. The van der Waals surface area contributed by atoms with Crippen LogP contribution < -0.4 is 0 Å². The zero-order valence-corrected chi connectivity index (χ0v) is 10.1. The van der Waals surface area contributed by atoms with E-state index < -0.39 is 5.97 Å². The molecule has 0 spiro atoms. The van der Waals surface area contributed by atoms with Crippen LogP contribution in [0.1, 0.15) is 33.1 Å². The van der Waals surface area contributed by atoms with E-state index >= 15 is 0 Å². The van der Waals surface area contributed by atoms with Gasteiger partial charge in [-0.2, -0.15) is 0 Å². The summed E-state index contributed by atoms with van der Waals surface area (Å²) in [5.41, 5.74) is -0.235. The Morgan fingerprint density at radius 2 is 2.19 bits per heavy atom. The minimum atomic E-state index is -0.881. The maximum atomic E-state index is 10.4. The number of rotatable bonds is 4. The molecule has 4 heteroatoms. The molecule has 1 saturated carbocycles. The first-order valence-corrected chi connectivity index (χ1v) is 6.10. The number of hydrogen-bond acceptors (Lipinski definition) is 3. The monoisotopic (exact) mass is 227 g/mol. The summed E-state index contributed by atoms with van der Waals surface area (Å²) in [5, 5.41) is 8.58. The number of likely N-dealkylation sites (tertiary alicyclic amines) is 1. The van der Waals surface area contributed by atoms with E-state index in [1.165, 1.54) is 19.3 Å². The third-order valence-electron chi connectivity index (χ3n) is 3.90. The molecule has 0 aromatic rings. The molecule has 2 rings (SSSR count). The summed E-state index contributed by atoms with van der Waals surface area (Å²) in [6.45, 7) is 5.91. The molecule has 4 nitrogen and oxygen atoms in total. The van der Waals surface area contributed by atoms with Gasteiger partial charge in [0.25, 0.3) is 0 Å². The summed E-state index contributed by atoms with van der Waals surface area (Å²) < 4.78 is 5.41. The van der Waals surface area contributed by atoms with Gasteiger partial charge in [-0.15, -0.1) is 0 Å². The van der Waals surface area contributed by atoms with Gasteiger partial charge in [-0.1, -0.05) is 13.3 Å². The van der Waals surface area contributed by atoms with Crippen LogP contribution in [0.5, 0.6) is 0 Å². The van der Waals surface area contributed by atoms with Gasteiger partial charge in [0.1, 0.15) is 6.61 Å². The molecule has 1 N–H and O–H groups in total. The van der Waals surface area contributed by atoms with Crippen molar-refractivity contribution < 1.29 is 14.6 Å². The molecule has 16 heavy (non-hydrogen) atoms. The van der Waals surface area contributed by atoms with E-state index in [-0.39, 0.29) is 12.2 Å². The number of carbonyl (C=O) groups is 1. The van der Waals surface area contributed by atoms with E-state index in [1.807, 2.05) is 6.92 Å². The third kappa shape index (κ3) is 2.38. The summed E-state index contributed by atoms with van der Waals surface area (Å²) in [6.07, 6.45) is 3.94. The van der Waals surface area contributed by atoms with Gasteiger partial charge in [0.2, 0.25) is 0 Å².